The normalized spacial score (nSPS) is 12.2. The Hall–Kier alpha value is -1.60. The van der Waals surface area contributed by atoms with E-state index in [0.717, 1.165) is 0 Å². The van der Waals surface area contributed by atoms with Gasteiger partial charge in [0.15, 0.2) is 5.16 Å². The molecule has 1 N–H and O–H groups in total. The Balaban J connectivity index is 2.00. The number of rotatable bonds is 4. The van der Waals surface area contributed by atoms with E-state index in [-0.39, 0.29) is 16.2 Å². The second kappa shape index (κ2) is 6.23. The van der Waals surface area contributed by atoms with E-state index in [1.54, 1.807) is 24.9 Å². The van der Waals surface area contributed by atoms with Crippen LogP contribution in [0, 0.1) is 5.82 Å². The van der Waals surface area contributed by atoms with Gasteiger partial charge in [-0.3, -0.25) is 4.79 Å². The lowest BCUT2D eigenvalue weighted by Crippen LogP contribution is -2.22. The largest absolute Gasteiger partial charge is 0.325 e. The van der Waals surface area contributed by atoms with Gasteiger partial charge in [-0.2, -0.15) is 0 Å². The number of hydrogen-bond donors (Lipinski definition) is 1. The molecule has 0 saturated carbocycles. The van der Waals surface area contributed by atoms with Gasteiger partial charge in [-0.1, -0.05) is 23.4 Å². The molecule has 0 aliphatic carbocycles. The number of hydrogen-bond acceptors (Lipinski definition) is 4. The molecule has 1 heterocycles. The second-order valence-electron chi connectivity index (χ2n) is 4.10. The van der Waals surface area contributed by atoms with Crippen molar-refractivity contribution in [3.63, 3.8) is 0 Å². The maximum Gasteiger partial charge on any atom is 0.237 e. The number of nitrogens with one attached hydrogen (secondary N) is 1. The Morgan fingerprint density at radius 3 is 2.90 bits per heavy atom. The van der Waals surface area contributed by atoms with Gasteiger partial charge in [0.25, 0.3) is 0 Å². The van der Waals surface area contributed by atoms with Crippen LogP contribution in [0.3, 0.4) is 0 Å². The first-order valence-electron chi connectivity index (χ1n) is 5.74. The first-order valence-corrected chi connectivity index (χ1v) is 6.99. The van der Waals surface area contributed by atoms with Crippen molar-refractivity contribution in [2.24, 2.45) is 7.05 Å². The van der Waals surface area contributed by atoms with Crippen molar-refractivity contribution >= 4 is 35.0 Å². The molecule has 1 amide bonds. The smallest absolute Gasteiger partial charge is 0.237 e. The van der Waals surface area contributed by atoms with Crippen LogP contribution in [0.5, 0.6) is 0 Å². The van der Waals surface area contributed by atoms with Crippen molar-refractivity contribution in [1.82, 2.24) is 14.8 Å². The zero-order chi connectivity index (χ0) is 14.7. The first-order chi connectivity index (χ1) is 9.47. The van der Waals surface area contributed by atoms with Crippen molar-refractivity contribution in [2.45, 2.75) is 17.3 Å². The number of halogens is 2. The number of thioether (sulfide) groups is 1. The summed E-state index contributed by atoms with van der Waals surface area (Å²) in [7, 11) is 1.80. The van der Waals surface area contributed by atoms with Gasteiger partial charge in [0.1, 0.15) is 12.1 Å². The summed E-state index contributed by atoms with van der Waals surface area (Å²) in [6, 6.07) is 4.03. The van der Waals surface area contributed by atoms with Crippen molar-refractivity contribution in [1.29, 1.82) is 0 Å². The average molecular weight is 315 g/mol. The third-order valence-corrected chi connectivity index (χ3v) is 3.95. The van der Waals surface area contributed by atoms with Crippen LogP contribution in [0.2, 0.25) is 5.02 Å². The number of benzene rings is 1. The van der Waals surface area contributed by atoms with E-state index in [1.807, 2.05) is 0 Å². The Morgan fingerprint density at radius 2 is 2.30 bits per heavy atom. The van der Waals surface area contributed by atoms with Crippen LogP contribution in [0.1, 0.15) is 6.92 Å². The minimum atomic E-state index is -0.522. The van der Waals surface area contributed by atoms with Crippen LogP contribution in [0.15, 0.2) is 29.7 Å². The Kier molecular flexibility index (Phi) is 4.61. The van der Waals surface area contributed by atoms with Gasteiger partial charge in [-0.25, -0.2) is 4.39 Å². The van der Waals surface area contributed by atoms with Crippen LogP contribution in [0.4, 0.5) is 10.1 Å². The fourth-order valence-electron chi connectivity index (χ4n) is 1.41. The van der Waals surface area contributed by atoms with Crippen molar-refractivity contribution in [3.05, 3.63) is 35.4 Å². The summed E-state index contributed by atoms with van der Waals surface area (Å²) in [6.45, 7) is 1.75. The minimum absolute atomic E-state index is 0.0311. The fraction of sp³-hybridized carbons (Fsp3) is 0.250. The molecule has 5 nitrogen and oxygen atoms in total. The maximum absolute atomic E-state index is 13.0. The third kappa shape index (κ3) is 3.49. The molecule has 1 aromatic carbocycles. The van der Waals surface area contributed by atoms with Gasteiger partial charge < -0.3 is 9.88 Å². The molecule has 0 fully saturated rings. The van der Waals surface area contributed by atoms with E-state index < -0.39 is 5.82 Å². The zero-order valence-electron chi connectivity index (χ0n) is 10.8. The van der Waals surface area contributed by atoms with Crippen LogP contribution in [0.25, 0.3) is 0 Å². The second-order valence-corrected chi connectivity index (χ2v) is 5.82. The molecule has 1 atom stereocenters. The van der Waals surface area contributed by atoms with Gasteiger partial charge in [0.05, 0.1) is 10.3 Å². The molecule has 0 bridgehead atoms. The molecule has 2 aromatic rings. The molecule has 0 radical (unpaired) electrons. The van der Waals surface area contributed by atoms with E-state index in [1.165, 1.54) is 30.0 Å². The standard InChI is InChI=1S/C12H12ClFN4OS/c1-7(20-12-17-15-6-18(12)2)11(19)16-8-3-4-10(14)9(13)5-8/h3-7H,1-2H3,(H,16,19)/t7-/m0/s1. The quantitative estimate of drug-likeness (QED) is 0.882. The summed E-state index contributed by atoms with van der Waals surface area (Å²) in [4.78, 5) is 12.0. The van der Waals surface area contributed by atoms with E-state index in [2.05, 4.69) is 15.5 Å². The SMILES string of the molecule is C[C@H](Sc1nncn1C)C(=O)Nc1ccc(F)c(Cl)c1. The molecule has 0 spiro atoms. The Labute approximate surface area is 124 Å². The van der Waals surface area contributed by atoms with Gasteiger partial charge in [0.2, 0.25) is 5.91 Å². The summed E-state index contributed by atoms with van der Waals surface area (Å²) in [6.07, 6.45) is 1.56. The lowest BCUT2D eigenvalue weighted by molar-refractivity contribution is -0.115. The Bertz CT molecular complexity index is 634. The van der Waals surface area contributed by atoms with Gasteiger partial charge in [-0.05, 0) is 25.1 Å². The summed E-state index contributed by atoms with van der Waals surface area (Å²) in [5.41, 5.74) is 0.451. The molecule has 20 heavy (non-hydrogen) atoms. The lowest BCUT2D eigenvalue weighted by atomic mass is 10.3. The molecule has 0 aliphatic rings. The highest BCUT2D eigenvalue weighted by molar-refractivity contribution is 8.00. The highest BCUT2D eigenvalue weighted by Gasteiger charge is 2.17. The highest BCUT2D eigenvalue weighted by Crippen LogP contribution is 2.23. The molecule has 1 aromatic heterocycles. The number of amides is 1. The van der Waals surface area contributed by atoms with Crippen molar-refractivity contribution in [3.8, 4) is 0 Å². The fourth-order valence-corrected chi connectivity index (χ4v) is 2.38. The van der Waals surface area contributed by atoms with E-state index in [0.29, 0.717) is 10.8 Å². The molecular weight excluding hydrogens is 303 g/mol. The van der Waals surface area contributed by atoms with E-state index in [9.17, 15) is 9.18 Å². The van der Waals surface area contributed by atoms with Gasteiger partial charge in [-0.15, -0.1) is 10.2 Å². The number of aryl methyl sites for hydroxylation is 1. The molecule has 106 valence electrons. The van der Waals surface area contributed by atoms with Gasteiger partial charge in [0, 0.05) is 12.7 Å². The summed E-state index contributed by atoms with van der Waals surface area (Å²) >= 11 is 6.94. The molecule has 2 rings (SSSR count). The predicted molar refractivity (Wildman–Crippen MR) is 76.4 cm³/mol. The molecule has 0 saturated heterocycles. The van der Waals surface area contributed by atoms with E-state index in [4.69, 9.17) is 11.6 Å². The third-order valence-electron chi connectivity index (χ3n) is 2.51. The number of anilines is 1. The number of nitrogens with zero attached hydrogens (tertiary/aromatic N) is 3. The van der Waals surface area contributed by atoms with Crippen molar-refractivity contribution < 1.29 is 9.18 Å². The van der Waals surface area contributed by atoms with E-state index >= 15 is 0 Å². The van der Waals surface area contributed by atoms with Crippen LogP contribution in [-0.4, -0.2) is 25.9 Å². The summed E-state index contributed by atoms with van der Waals surface area (Å²) in [5.74, 6) is -0.744. The topological polar surface area (TPSA) is 59.8 Å². The average Bonchev–Trinajstić information content (AvgIpc) is 2.79. The predicted octanol–water partition coefficient (Wildman–Crippen LogP) is 2.73. The molecular formula is C12H12ClFN4OS. The molecule has 8 heteroatoms. The maximum atomic E-state index is 13.0. The zero-order valence-corrected chi connectivity index (χ0v) is 12.4. The van der Waals surface area contributed by atoms with Crippen LogP contribution in [-0.2, 0) is 11.8 Å². The van der Waals surface area contributed by atoms with Crippen LogP contribution >= 0.6 is 23.4 Å². The van der Waals surface area contributed by atoms with Crippen LogP contribution < -0.4 is 5.32 Å². The highest BCUT2D eigenvalue weighted by atomic mass is 35.5. The molecule has 0 aliphatic heterocycles. The molecule has 0 unspecified atom stereocenters. The summed E-state index contributed by atoms with van der Waals surface area (Å²) < 4.78 is 14.7. The minimum Gasteiger partial charge on any atom is -0.325 e. The number of aromatic nitrogens is 3. The number of carbonyl (C=O) groups excluding carboxylic acids is 1. The Morgan fingerprint density at radius 1 is 1.55 bits per heavy atom. The first kappa shape index (κ1) is 14.8. The monoisotopic (exact) mass is 314 g/mol. The summed E-state index contributed by atoms with van der Waals surface area (Å²) in [5, 5.41) is 10.5. The van der Waals surface area contributed by atoms with Gasteiger partial charge >= 0.3 is 0 Å². The lowest BCUT2D eigenvalue weighted by Gasteiger charge is -2.11. The number of carbonyl (C=O) groups is 1. The van der Waals surface area contributed by atoms with Crippen molar-refractivity contribution in [2.75, 3.05) is 5.32 Å².